The number of allylic oxidation sites excluding steroid dienone is 2. The molecule has 0 saturated heterocycles. The minimum Gasteiger partial charge on any atom is -0.504 e. The molecule has 0 atom stereocenters. The smallest absolute Gasteiger partial charge is 0.164 e. The van der Waals surface area contributed by atoms with E-state index >= 15 is 0 Å². The van der Waals surface area contributed by atoms with Crippen LogP contribution in [0.3, 0.4) is 0 Å². The molecule has 0 spiro atoms. The lowest BCUT2D eigenvalue weighted by molar-refractivity contribution is 0.367. The molecule has 0 heterocycles. The molecule has 130 valence electrons. The summed E-state index contributed by atoms with van der Waals surface area (Å²) < 4.78 is 18.9. The lowest BCUT2D eigenvalue weighted by Crippen LogP contribution is -2.03. The molecule has 0 fully saturated rings. The zero-order chi connectivity index (χ0) is 18.7. The van der Waals surface area contributed by atoms with Crippen molar-refractivity contribution >= 4 is 5.57 Å². The molecule has 3 heteroatoms. The number of aromatic hydroxyl groups is 1. The summed E-state index contributed by atoms with van der Waals surface area (Å²) in [7, 11) is 1.47. The van der Waals surface area contributed by atoms with E-state index < -0.39 is 5.83 Å². The Kier molecular flexibility index (Phi) is 11.8. The molecular formula is C20H31FO2. The highest BCUT2D eigenvalue weighted by Gasteiger charge is 2.22. The number of hydrogen-bond donors (Lipinski definition) is 1. The van der Waals surface area contributed by atoms with E-state index in [0.717, 1.165) is 11.1 Å². The first-order valence-corrected chi connectivity index (χ1v) is 8.08. The number of aryl methyl sites for hydroxylation is 1. The van der Waals surface area contributed by atoms with Crippen LogP contribution in [-0.2, 0) is 0 Å². The first kappa shape index (κ1) is 23.3. The van der Waals surface area contributed by atoms with Crippen LogP contribution in [0.4, 0.5) is 4.39 Å². The van der Waals surface area contributed by atoms with Crippen LogP contribution in [0.1, 0.15) is 71.1 Å². The molecule has 23 heavy (non-hydrogen) atoms. The summed E-state index contributed by atoms with van der Waals surface area (Å²) in [5, 5.41) is 9.95. The van der Waals surface area contributed by atoms with Crippen molar-refractivity contribution in [2.75, 3.05) is 7.11 Å². The Morgan fingerprint density at radius 3 is 2.04 bits per heavy atom. The van der Waals surface area contributed by atoms with E-state index in [1.807, 2.05) is 41.5 Å². The molecule has 0 radical (unpaired) electrons. The highest BCUT2D eigenvalue weighted by molar-refractivity contribution is 5.85. The second-order valence-electron chi connectivity index (χ2n) is 4.74. The molecule has 1 aromatic carbocycles. The van der Waals surface area contributed by atoms with Gasteiger partial charge >= 0.3 is 0 Å². The first-order chi connectivity index (χ1) is 10.8. The van der Waals surface area contributed by atoms with Crippen molar-refractivity contribution in [1.82, 2.24) is 0 Å². The van der Waals surface area contributed by atoms with Crippen LogP contribution in [0.15, 0.2) is 11.9 Å². The number of hydrogen-bond acceptors (Lipinski definition) is 2. The molecule has 1 aromatic rings. The van der Waals surface area contributed by atoms with Gasteiger partial charge in [-0.15, -0.1) is 6.42 Å². The highest BCUT2D eigenvalue weighted by atomic mass is 19.1. The zero-order valence-corrected chi connectivity index (χ0v) is 16.0. The Bertz CT molecular complexity index is 560. The molecule has 1 rings (SSSR count). The van der Waals surface area contributed by atoms with Crippen molar-refractivity contribution in [2.45, 2.75) is 61.3 Å². The van der Waals surface area contributed by atoms with Gasteiger partial charge in [0.2, 0.25) is 0 Å². The maximum absolute atomic E-state index is 13.6. The molecule has 2 nitrogen and oxygen atoms in total. The Balaban J connectivity index is 0. The summed E-state index contributed by atoms with van der Waals surface area (Å²) in [5.74, 6) is 2.41. The molecule has 0 bridgehead atoms. The van der Waals surface area contributed by atoms with E-state index in [0.29, 0.717) is 11.3 Å². The molecule has 1 N–H and O–H groups in total. The van der Waals surface area contributed by atoms with E-state index in [2.05, 4.69) is 5.92 Å². The maximum atomic E-state index is 13.6. The molecule has 0 unspecified atom stereocenters. The van der Waals surface area contributed by atoms with E-state index in [1.165, 1.54) is 14.0 Å². The van der Waals surface area contributed by atoms with Gasteiger partial charge in [-0.05, 0) is 31.4 Å². The van der Waals surface area contributed by atoms with Crippen molar-refractivity contribution in [3.05, 3.63) is 28.6 Å². The average Bonchev–Trinajstić information content (AvgIpc) is 2.52. The predicted molar refractivity (Wildman–Crippen MR) is 98.7 cm³/mol. The monoisotopic (exact) mass is 322 g/mol. The number of rotatable bonds is 3. The van der Waals surface area contributed by atoms with Gasteiger partial charge in [0.1, 0.15) is 5.83 Å². The summed E-state index contributed by atoms with van der Waals surface area (Å²) in [6.07, 6.45) is 5.42. The van der Waals surface area contributed by atoms with Gasteiger partial charge < -0.3 is 9.84 Å². The quantitative estimate of drug-likeness (QED) is 0.669. The minimum absolute atomic E-state index is 0.0402. The van der Waals surface area contributed by atoms with Gasteiger partial charge in [-0.3, -0.25) is 0 Å². The third-order valence-corrected chi connectivity index (χ3v) is 3.01. The van der Waals surface area contributed by atoms with E-state index in [-0.39, 0.29) is 17.2 Å². The number of ether oxygens (including phenoxy) is 1. The largest absolute Gasteiger partial charge is 0.504 e. The standard InChI is InChI=1S/C16H19FO2.2C2H6/c1-7-12(11(5)17)15-10(4)8-13(18)16(19-6)14(15)9(2)3;2*1-2/h1,8-9,18H,2-6H3;2*1-2H3/b12-11+;;. The molecule has 0 aliphatic heterocycles. The number of benzene rings is 1. The van der Waals surface area contributed by atoms with Gasteiger partial charge in [-0.25, -0.2) is 4.39 Å². The molecule has 0 aliphatic carbocycles. The van der Waals surface area contributed by atoms with Crippen LogP contribution in [-0.4, -0.2) is 12.2 Å². The fraction of sp³-hybridized carbons (Fsp3) is 0.500. The van der Waals surface area contributed by atoms with Gasteiger partial charge in [0.25, 0.3) is 0 Å². The van der Waals surface area contributed by atoms with Crippen molar-refractivity contribution in [3.8, 4) is 23.8 Å². The number of phenolic OH excluding ortho intramolecular Hbond substituents is 1. The summed E-state index contributed by atoms with van der Waals surface area (Å²) in [6.45, 7) is 15.0. The average molecular weight is 322 g/mol. The van der Waals surface area contributed by atoms with Gasteiger partial charge in [0.05, 0.1) is 12.7 Å². The van der Waals surface area contributed by atoms with Crippen molar-refractivity contribution in [2.24, 2.45) is 0 Å². The third-order valence-electron chi connectivity index (χ3n) is 3.01. The summed E-state index contributed by atoms with van der Waals surface area (Å²) in [6, 6.07) is 1.54. The van der Waals surface area contributed by atoms with Crippen LogP contribution < -0.4 is 4.74 Å². The van der Waals surface area contributed by atoms with Crippen LogP contribution >= 0.6 is 0 Å². The topological polar surface area (TPSA) is 29.5 Å². The SMILES string of the molecule is C#C/C(=C(/C)F)c1c(C)cc(O)c(OC)c1C(C)C.CC.CC. The number of terminal acetylenes is 1. The number of phenols is 1. The number of halogens is 1. The highest BCUT2D eigenvalue weighted by Crippen LogP contribution is 2.42. The Labute approximate surface area is 141 Å². The molecule has 0 saturated carbocycles. The van der Waals surface area contributed by atoms with Crippen LogP contribution in [0.5, 0.6) is 11.5 Å². The van der Waals surface area contributed by atoms with Crippen molar-refractivity contribution < 1.29 is 14.2 Å². The lowest BCUT2D eigenvalue weighted by atomic mass is 9.87. The van der Waals surface area contributed by atoms with Gasteiger partial charge in [-0.2, -0.15) is 0 Å². The summed E-state index contributed by atoms with van der Waals surface area (Å²) in [4.78, 5) is 0. The number of methoxy groups -OCH3 is 1. The molecular weight excluding hydrogens is 291 g/mol. The molecule has 0 aliphatic rings. The van der Waals surface area contributed by atoms with Gasteiger partial charge in [-0.1, -0.05) is 47.5 Å². The van der Waals surface area contributed by atoms with Crippen molar-refractivity contribution in [1.29, 1.82) is 0 Å². The van der Waals surface area contributed by atoms with E-state index in [9.17, 15) is 9.50 Å². The van der Waals surface area contributed by atoms with E-state index in [1.54, 1.807) is 13.0 Å². The Hall–Kier alpha value is -1.95. The maximum Gasteiger partial charge on any atom is 0.164 e. The zero-order valence-electron chi connectivity index (χ0n) is 16.0. The normalized spacial score (nSPS) is 10.5. The fourth-order valence-corrected chi connectivity index (χ4v) is 2.25. The van der Waals surface area contributed by atoms with Crippen molar-refractivity contribution in [3.63, 3.8) is 0 Å². The summed E-state index contributed by atoms with van der Waals surface area (Å²) in [5.41, 5.74) is 2.29. The summed E-state index contributed by atoms with van der Waals surface area (Å²) >= 11 is 0. The minimum atomic E-state index is -0.416. The van der Waals surface area contributed by atoms with Crippen LogP contribution in [0, 0.1) is 19.3 Å². The Morgan fingerprint density at radius 2 is 1.74 bits per heavy atom. The molecule has 0 aromatic heterocycles. The second kappa shape index (κ2) is 11.6. The van der Waals surface area contributed by atoms with Crippen LogP contribution in [0.2, 0.25) is 0 Å². The second-order valence-corrected chi connectivity index (χ2v) is 4.74. The molecule has 0 amide bonds. The third kappa shape index (κ3) is 5.63. The lowest BCUT2D eigenvalue weighted by Gasteiger charge is -2.20. The van der Waals surface area contributed by atoms with Crippen LogP contribution in [0.25, 0.3) is 5.57 Å². The van der Waals surface area contributed by atoms with Gasteiger partial charge in [0.15, 0.2) is 11.5 Å². The predicted octanol–water partition coefficient (Wildman–Crippen LogP) is 6.22. The first-order valence-electron chi connectivity index (χ1n) is 8.08. The van der Waals surface area contributed by atoms with E-state index in [4.69, 9.17) is 11.2 Å². The Morgan fingerprint density at radius 1 is 1.26 bits per heavy atom. The van der Waals surface area contributed by atoms with Gasteiger partial charge in [0, 0.05) is 11.1 Å². The fourth-order valence-electron chi connectivity index (χ4n) is 2.25.